The minimum Gasteiger partial charge on any atom is -0.326 e. The van der Waals surface area contributed by atoms with Crippen LogP contribution in [0.15, 0.2) is 24.3 Å². The highest BCUT2D eigenvalue weighted by Gasteiger charge is 2.18. The minimum absolute atomic E-state index is 0.00877. The Hall–Kier alpha value is -0.560. The third-order valence-corrected chi connectivity index (χ3v) is 7.09. The van der Waals surface area contributed by atoms with Crippen molar-refractivity contribution in [3.05, 3.63) is 24.3 Å². The molecule has 0 amide bonds. The fraction of sp³-hybridized carbons (Fsp3) is 0.879. The molecule has 0 bridgehead atoms. The zero-order chi connectivity index (χ0) is 25.2. The van der Waals surface area contributed by atoms with E-state index in [1.165, 1.54) is 141 Å². The quantitative estimate of drug-likeness (QED) is 0.0976. The fourth-order valence-electron chi connectivity index (χ4n) is 5.08. The van der Waals surface area contributed by atoms with Gasteiger partial charge in [0.1, 0.15) is 0 Å². The van der Waals surface area contributed by atoms with Gasteiger partial charge in [-0.15, -0.1) is 0 Å². The summed E-state index contributed by atoms with van der Waals surface area (Å²) in [6, 6.07) is 0. The van der Waals surface area contributed by atoms with Crippen LogP contribution < -0.4 is 5.73 Å². The number of hydrogen-bond acceptors (Lipinski definition) is 1. The minimum atomic E-state index is -0.00877. The molecule has 1 heteroatoms. The molecule has 0 aromatic rings. The molecule has 0 heterocycles. The summed E-state index contributed by atoms with van der Waals surface area (Å²) in [7, 11) is 0. The van der Waals surface area contributed by atoms with Crippen LogP contribution in [0.2, 0.25) is 0 Å². The van der Waals surface area contributed by atoms with Gasteiger partial charge in [0.2, 0.25) is 0 Å². The van der Waals surface area contributed by atoms with Gasteiger partial charge in [0.25, 0.3) is 0 Å². The molecule has 0 aliphatic rings. The lowest BCUT2D eigenvalue weighted by molar-refractivity contribution is 0.309. The highest BCUT2D eigenvalue weighted by atomic mass is 14.7. The Morgan fingerprint density at radius 2 is 0.912 bits per heavy atom. The van der Waals surface area contributed by atoms with E-state index in [1.807, 2.05) is 0 Å². The van der Waals surface area contributed by atoms with Crippen molar-refractivity contribution in [1.82, 2.24) is 0 Å². The van der Waals surface area contributed by atoms with Crippen LogP contribution in [-0.2, 0) is 0 Å². The maximum atomic E-state index is 6.38. The van der Waals surface area contributed by atoms with Crippen LogP contribution >= 0.6 is 0 Å². The van der Waals surface area contributed by atoms with Crippen molar-refractivity contribution in [3.63, 3.8) is 0 Å². The van der Waals surface area contributed by atoms with E-state index in [9.17, 15) is 0 Å². The lowest BCUT2D eigenvalue weighted by atomic mass is 9.84. The van der Waals surface area contributed by atoms with Crippen molar-refractivity contribution in [2.24, 2.45) is 11.7 Å². The van der Waals surface area contributed by atoms with Gasteiger partial charge in [-0.05, 0) is 58.3 Å². The van der Waals surface area contributed by atoms with E-state index in [4.69, 9.17) is 5.73 Å². The molecule has 1 unspecified atom stereocenters. The Morgan fingerprint density at radius 1 is 0.529 bits per heavy atom. The van der Waals surface area contributed by atoms with E-state index < -0.39 is 0 Å². The highest BCUT2D eigenvalue weighted by molar-refractivity contribution is 4.92. The van der Waals surface area contributed by atoms with Crippen molar-refractivity contribution in [3.8, 4) is 0 Å². The van der Waals surface area contributed by atoms with E-state index in [0.717, 1.165) is 12.3 Å². The average molecular weight is 476 g/mol. The van der Waals surface area contributed by atoms with Gasteiger partial charge in [-0.1, -0.05) is 147 Å². The molecule has 0 fully saturated rings. The Labute approximate surface area is 216 Å². The Kier molecular flexibility index (Phi) is 25.1. The summed E-state index contributed by atoms with van der Waals surface area (Å²) in [6.45, 7) is 9.00. The zero-order valence-corrected chi connectivity index (χ0v) is 24.2. The topological polar surface area (TPSA) is 26.0 Å². The van der Waals surface area contributed by atoms with Crippen molar-refractivity contribution >= 4 is 0 Å². The van der Waals surface area contributed by atoms with E-state index >= 15 is 0 Å². The predicted octanol–water partition coefficient (Wildman–Crippen LogP) is 11.5. The summed E-state index contributed by atoms with van der Waals surface area (Å²) < 4.78 is 0. The summed E-state index contributed by atoms with van der Waals surface area (Å²) in [5.41, 5.74) is 6.37. The first-order valence-electron chi connectivity index (χ1n) is 15.6. The number of allylic oxidation sites excluding steroid dienone is 4. The largest absolute Gasteiger partial charge is 0.326 e. The number of rotatable bonds is 26. The molecule has 0 rings (SSSR count). The van der Waals surface area contributed by atoms with E-state index in [2.05, 4.69) is 52.0 Å². The summed E-state index contributed by atoms with van der Waals surface area (Å²) in [6.07, 6.45) is 40.9. The molecule has 0 aliphatic carbocycles. The Bertz CT molecular complexity index is 442. The van der Waals surface area contributed by atoms with Crippen LogP contribution in [-0.4, -0.2) is 5.54 Å². The van der Waals surface area contributed by atoms with Gasteiger partial charge < -0.3 is 5.73 Å². The predicted molar refractivity (Wildman–Crippen MR) is 158 cm³/mol. The highest BCUT2D eigenvalue weighted by Crippen LogP contribution is 2.26. The van der Waals surface area contributed by atoms with Gasteiger partial charge in [0.05, 0.1) is 0 Å². The average Bonchev–Trinajstić information content (AvgIpc) is 2.79. The molecule has 0 saturated heterocycles. The molecule has 202 valence electrons. The molecule has 1 nitrogen and oxygen atoms in total. The number of nitrogens with two attached hydrogens (primary N) is 1. The molecule has 0 aromatic heterocycles. The van der Waals surface area contributed by atoms with Crippen molar-refractivity contribution in [2.75, 3.05) is 0 Å². The van der Waals surface area contributed by atoms with Gasteiger partial charge in [-0.3, -0.25) is 0 Å². The zero-order valence-electron chi connectivity index (χ0n) is 24.2. The third kappa shape index (κ3) is 27.7. The van der Waals surface area contributed by atoms with E-state index in [-0.39, 0.29) is 5.54 Å². The molecular weight excluding hydrogens is 410 g/mol. The van der Waals surface area contributed by atoms with Crippen molar-refractivity contribution in [2.45, 2.75) is 181 Å². The van der Waals surface area contributed by atoms with Gasteiger partial charge in [-0.2, -0.15) is 0 Å². The maximum absolute atomic E-state index is 6.38. The third-order valence-electron chi connectivity index (χ3n) is 7.09. The van der Waals surface area contributed by atoms with Gasteiger partial charge in [-0.25, -0.2) is 0 Å². The lowest BCUT2D eigenvalue weighted by Crippen LogP contribution is -2.34. The van der Waals surface area contributed by atoms with Crippen LogP contribution in [0.3, 0.4) is 0 Å². The van der Waals surface area contributed by atoms with Gasteiger partial charge in [0.15, 0.2) is 0 Å². The monoisotopic (exact) mass is 476 g/mol. The maximum Gasteiger partial charge on any atom is 0.00996 e. The molecule has 0 aliphatic heterocycles. The van der Waals surface area contributed by atoms with Crippen LogP contribution in [0, 0.1) is 5.92 Å². The van der Waals surface area contributed by atoms with Gasteiger partial charge >= 0.3 is 0 Å². The van der Waals surface area contributed by atoms with Gasteiger partial charge in [0, 0.05) is 5.54 Å². The molecule has 34 heavy (non-hydrogen) atoms. The molecule has 2 N–H and O–H groups in total. The Morgan fingerprint density at radius 3 is 1.38 bits per heavy atom. The second-order valence-corrected chi connectivity index (χ2v) is 11.7. The summed E-state index contributed by atoms with van der Waals surface area (Å²) >= 11 is 0. The second kappa shape index (κ2) is 25.5. The molecule has 0 saturated carbocycles. The fourth-order valence-corrected chi connectivity index (χ4v) is 5.08. The molecular formula is C33H65N. The first kappa shape index (κ1) is 33.4. The van der Waals surface area contributed by atoms with Crippen LogP contribution in [0.4, 0.5) is 0 Å². The lowest BCUT2D eigenvalue weighted by Gasteiger charge is -2.26. The van der Waals surface area contributed by atoms with Crippen LogP contribution in [0.5, 0.6) is 0 Å². The molecule has 1 atom stereocenters. The SMILES string of the molecule is CCCCC/C=C\C/C=C\CCCCCCCCCC(CCCCCCCCC)CC(C)(C)N. The second-order valence-electron chi connectivity index (χ2n) is 11.7. The van der Waals surface area contributed by atoms with Crippen molar-refractivity contribution < 1.29 is 0 Å². The molecule has 0 aromatic carbocycles. The first-order valence-corrected chi connectivity index (χ1v) is 15.6. The summed E-state index contributed by atoms with van der Waals surface area (Å²) in [5.74, 6) is 0.841. The normalized spacial score (nSPS) is 13.4. The summed E-state index contributed by atoms with van der Waals surface area (Å²) in [4.78, 5) is 0. The molecule has 0 spiro atoms. The number of hydrogen-bond donors (Lipinski definition) is 1. The van der Waals surface area contributed by atoms with Crippen molar-refractivity contribution in [1.29, 1.82) is 0 Å². The Balaban J connectivity index is 3.65. The van der Waals surface area contributed by atoms with Crippen LogP contribution in [0.1, 0.15) is 175 Å². The number of unbranched alkanes of at least 4 members (excludes halogenated alkanes) is 16. The first-order chi connectivity index (χ1) is 16.5. The smallest absolute Gasteiger partial charge is 0.00996 e. The standard InChI is InChI=1S/C33H65N/c1-5-7-9-11-13-14-15-16-17-18-19-20-21-22-24-26-28-30-32(31-33(3,4)34)29-27-25-23-12-10-8-6-2/h13-14,16-17,32H,5-12,15,18-31,34H2,1-4H3/b14-13-,17-16-. The summed E-state index contributed by atoms with van der Waals surface area (Å²) in [5, 5.41) is 0. The molecule has 0 radical (unpaired) electrons. The van der Waals surface area contributed by atoms with Crippen LogP contribution in [0.25, 0.3) is 0 Å². The van der Waals surface area contributed by atoms with E-state index in [0.29, 0.717) is 0 Å². The van der Waals surface area contributed by atoms with E-state index in [1.54, 1.807) is 0 Å².